The number of hydrazone groups is 1. The molecule has 1 amide bonds. The maximum Gasteiger partial charge on any atom is 0.271 e. The molecule has 3 N–H and O–H groups in total. The molecule has 2 rings (SSSR count). The summed E-state index contributed by atoms with van der Waals surface area (Å²) in [4.78, 5) is 11.8. The van der Waals surface area contributed by atoms with Gasteiger partial charge in [0.2, 0.25) is 0 Å². The third kappa shape index (κ3) is 3.73. The second-order valence-corrected chi connectivity index (χ2v) is 4.18. The van der Waals surface area contributed by atoms with Crippen LogP contribution in [0.15, 0.2) is 47.6 Å². The van der Waals surface area contributed by atoms with Crippen molar-refractivity contribution in [1.82, 2.24) is 5.43 Å². The first-order valence-electron chi connectivity index (χ1n) is 6.09. The van der Waals surface area contributed by atoms with Gasteiger partial charge in [0.1, 0.15) is 5.75 Å². The van der Waals surface area contributed by atoms with Crippen LogP contribution in [0.5, 0.6) is 17.2 Å². The van der Waals surface area contributed by atoms with E-state index < -0.39 is 5.91 Å². The van der Waals surface area contributed by atoms with Crippen molar-refractivity contribution in [2.24, 2.45) is 5.10 Å². The van der Waals surface area contributed by atoms with Crippen molar-refractivity contribution in [3.63, 3.8) is 0 Å². The van der Waals surface area contributed by atoms with Crippen molar-refractivity contribution < 1.29 is 19.7 Å². The molecular formula is C15H14N2O4. The van der Waals surface area contributed by atoms with Crippen LogP contribution in [0.25, 0.3) is 0 Å². The summed E-state index contributed by atoms with van der Waals surface area (Å²) in [5.74, 6) is 0.0508. The predicted octanol–water partition coefficient (Wildman–Crippen LogP) is 1.87. The highest BCUT2D eigenvalue weighted by Crippen LogP contribution is 2.25. The standard InChI is InChI=1S/C15H14N2O4/c1-21-14-8-10(2-7-13(14)19)9-16-17-15(20)11-3-5-12(18)6-4-11/h2-9,18-19H,1H3,(H,17,20)/b16-9+. The van der Waals surface area contributed by atoms with Gasteiger partial charge < -0.3 is 14.9 Å². The van der Waals surface area contributed by atoms with Gasteiger partial charge in [-0.2, -0.15) is 5.10 Å². The number of phenols is 2. The van der Waals surface area contributed by atoms with Gasteiger partial charge in [0, 0.05) is 5.56 Å². The second-order valence-electron chi connectivity index (χ2n) is 4.18. The number of carbonyl (C=O) groups is 1. The molecule has 0 bridgehead atoms. The minimum Gasteiger partial charge on any atom is -0.508 e. The van der Waals surface area contributed by atoms with Crippen LogP contribution in [0.3, 0.4) is 0 Å². The van der Waals surface area contributed by atoms with Crippen molar-refractivity contribution in [3.05, 3.63) is 53.6 Å². The van der Waals surface area contributed by atoms with E-state index in [1.807, 2.05) is 0 Å². The van der Waals surface area contributed by atoms with Gasteiger partial charge in [0.05, 0.1) is 13.3 Å². The Labute approximate surface area is 121 Å². The largest absolute Gasteiger partial charge is 0.508 e. The van der Waals surface area contributed by atoms with Crippen LogP contribution >= 0.6 is 0 Å². The van der Waals surface area contributed by atoms with Crippen LogP contribution in [-0.4, -0.2) is 29.4 Å². The number of ether oxygens (including phenoxy) is 1. The average Bonchev–Trinajstić information content (AvgIpc) is 2.49. The number of rotatable bonds is 4. The first kappa shape index (κ1) is 14.4. The molecule has 0 spiro atoms. The van der Waals surface area contributed by atoms with E-state index >= 15 is 0 Å². The van der Waals surface area contributed by atoms with Crippen LogP contribution in [0.2, 0.25) is 0 Å². The zero-order valence-electron chi connectivity index (χ0n) is 11.3. The molecule has 0 aliphatic carbocycles. The van der Waals surface area contributed by atoms with E-state index in [1.54, 1.807) is 12.1 Å². The van der Waals surface area contributed by atoms with Gasteiger partial charge >= 0.3 is 0 Å². The van der Waals surface area contributed by atoms with Gasteiger partial charge in [-0.25, -0.2) is 5.43 Å². The Kier molecular flexibility index (Phi) is 4.40. The topological polar surface area (TPSA) is 91.2 Å². The monoisotopic (exact) mass is 286 g/mol. The maximum absolute atomic E-state index is 11.8. The fraction of sp³-hybridized carbons (Fsp3) is 0.0667. The number of hydrogen-bond donors (Lipinski definition) is 3. The molecule has 0 saturated heterocycles. The first-order chi connectivity index (χ1) is 10.1. The number of hydrogen-bond acceptors (Lipinski definition) is 5. The van der Waals surface area contributed by atoms with Crippen molar-refractivity contribution in [3.8, 4) is 17.2 Å². The van der Waals surface area contributed by atoms with Gasteiger partial charge in [-0.05, 0) is 48.0 Å². The van der Waals surface area contributed by atoms with Gasteiger partial charge in [0.15, 0.2) is 11.5 Å². The minimum absolute atomic E-state index is 0.0304. The molecule has 6 nitrogen and oxygen atoms in total. The number of aromatic hydroxyl groups is 2. The van der Waals surface area contributed by atoms with Crippen LogP contribution in [0.1, 0.15) is 15.9 Å². The van der Waals surface area contributed by atoms with Gasteiger partial charge in [0.25, 0.3) is 5.91 Å². The number of carbonyl (C=O) groups excluding carboxylic acids is 1. The fourth-order valence-corrected chi connectivity index (χ4v) is 1.62. The van der Waals surface area contributed by atoms with E-state index in [2.05, 4.69) is 10.5 Å². The zero-order valence-corrected chi connectivity index (χ0v) is 11.3. The molecule has 21 heavy (non-hydrogen) atoms. The van der Waals surface area contributed by atoms with E-state index in [0.29, 0.717) is 16.9 Å². The number of nitrogens with zero attached hydrogens (tertiary/aromatic N) is 1. The Balaban J connectivity index is 2.02. The number of nitrogens with one attached hydrogen (secondary N) is 1. The van der Waals surface area contributed by atoms with Gasteiger partial charge in [-0.15, -0.1) is 0 Å². The van der Waals surface area contributed by atoms with Crippen molar-refractivity contribution in [2.75, 3.05) is 7.11 Å². The van der Waals surface area contributed by atoms with E-state index in [1.165, 1.54) is 43.7 Å². The van der Waals surface area contributed by atoms with Crippen LogP contribution < -0.4 is 10.2 Å². The zero-order chi connectivity index (χ0) is 15.2. The highest BCUT2D eigenvalue weighted by atomic mass is 16.5. The molecule has 0 unspecified atom stereocenters. The quantitative estimate of drug-likeness (QED) is 0.591. The molecule has 0 heterocycles. The molecule has 0 aliphatic rings. The van der Waals surface area contributed by atoms with E-state index in [-0.39, 0.29) is 11.5 Å². The predicted molar refractivity (Wildman–Crippen MR) is 77.8 cm³/mol. The summed E-state index contributed by atoms with van der Waals surface area (Å²) in [5.41, 5.74) is 3.41. The van der Waals surface area contributed by atoms with Crippen LogP contribution in [-0.2, 0) is 0 Å². The summed E-state index contributed by atoms with van der Waals surface area (Å²) in [5, 5.41) is 22.4. The lowest BCUT2D eigenvalue weighted by Crippen LogP contribution is -2.17. The normalized spacial score (nSPS) is 10.5. The van der Waals surface area contributed by atoms with Crippen molar-refractivity contribution >= 4 is 12.1 Å². The summed E-state index contributed by atoms with van der Waals surface area (Å²) in [6.07, 6.45) is 1.43. The lowest BCUT2D eigenvalue weighted by atomic mass is 10.2. The summed E-state index contributed by atoms with van der Waals surface area (Å²) >= 11 is 0. The molecule has 2 aromatic rings. The Bertz CT molecular complexity index is 666. The van der Waals surface area contributed by atoms with Crippen LogP contribution in [0, 0.1) is 0 Å². The second kappa shape index (κ2) is 6.42. The molecule has 108 valence electrons. The third-order valence-electron chi connectivity index (χ3n) is 2.71. The Morgan fingerprint density at radius 3 is 2.57 bits per heavy atom. The molecule has 0 aliphatic heterocycles. The number of amides is 1. The third-order valence-corrected chi connectivity index (χ3v) is 2.71. The highest BCUT2D eigenvalue weighted by Gasteiger charge is 2.04. The molecular weight excluding hydrogens is 272 g/mol. The Morgan fingerprint density at radius 1 is 1.19 bits per heavy atom. The average molecular weight is 286 g/mol. The summed E-state index contributed by atoms with van der Waals surface area (Å²) < 4.78 is 4.97. The van der Waals surface area contributed by atoms with Gasteiger partial charge in [-0.3, -0.25) is 4.79 Å². The molecule has 0 atom stereocenters. The number of benzene rings is 2. The molecule has 0 aromatic heterocycles. The SMILES string of the molecule is COc1cc(/C=N/NC(=O)c2ccc(O)cc2)ccc1O. The molecule has 6 heteroatoms. The van der Waals surface area contributed by atoms with Crippen molar-refractivity contribution in [2.45, 2.75) is 0 Å². The minimum atomic E-state index is -0.392. The first-order valence-corrected chi connectivity index (χ1v) is 6.09. The van der Waals surface area contributed by atoms with Crippen LogP contribution in [0.4, 0.5) is 0 Å². The lowest BCUT2D eigenvalue weighted by Gasteiger charge is -2.03. The highest BCUT2D eigenvalue weighted by molar-refractivity contribution is 5.95. The molecule has 2 aromatic carbocycles. The smallest absolute Gasteiger partial charge is 0.271 e. The van der Waals surface area contributed by atoms with Gasteiger partial charge in [-0.1, -0.05) is 0 Å². The summed E-state index contributed by atoms with van der Waals surface area (Å²) in [7, 11) is 1.45. The van der Waals surface area contributed by atoms with E-state index in [9.17, 15) is 9.90 Å². The molecule has 0 saturated carbocycles. The maximum atomic E-state index is 11.8. The molecule has 0 fully saturated rings. The molecule has 0 radical (unpaired) electrons. The number of phenolic OH excluding ortho intramolecular Hbond substituents is 2. The lowest BCUT2D eigenvalue weighted by molar-refractivity contribution is 0.0955. The van der Waals surface area contributed by atoms with Crippen molar-refractivity contribution in [1.29, 1.82) is 0 Å². The summed E-state index contributed by atoms with van der Waals surface area (Å²) in [6.45, 7) is 0. The summed E-state index contributed by atoms with van der Waals surface area (Å²) in [6, 6.07) is 10.5. The Morgan fingerprint density at radius 2 is 1.90 bits per heavy atom. The fourth-order valence-electron chi connectivity index (χ4n) is 1.62. The Hall–Kier alpha value is -3.02. The van der Waals surface area contributed by atoms with E-state index in [0.717, 1.165) is 0 Å². The van der Waals surface area contributed by atoms with E-state index in [4.69, 9.17) is 9.84 Å². The number of methoxy groups -OCH3 is 1.